The van der Waals surface area contributed by atoms with Crippen molar-refractivity contribution in [1.29, 1.82) is 0 Å². The van der Waals surface area contributed by atoms with Crippen LogP contribution >= 0.6 is 0 Å². The van der Waals surface area contributed by atoms with E-state index in [0.29, 0.717) is 71.9 Å². The molecule has 7 rings (SSSR count). The second-order valence-electron chi connectivity index (χ2n) is 12.1. The molecule has 1 amide bonds. The van der Waals surface area contributed by atoms with Crippen molar-refractivity contribution in [2.24, 2.45) is 5.92 Å². The molecule has 0 unspecified atom stereocenters. The maximum Gasteiger partial charge on any atom is 0.322 e. The molecule has 1 aliphatic carbocycles. The van der Waals surface area contributed by atoms with E-state index < -0.39 is 21.3 Å². The lowest BCUT2D eigenvalue weighted by molar-refractivity contribution is -0.128. The molecule has 1 aromatic carbocycles. The fourth-order valence-corrected chi connectivity index (χ4v) is 7.73. The molecule has 0 bridgehead atoms. The Morgan fingerprint density at radius 1 is 1.16 bits per heavy atom. The second-order valence-corrected chi connectivity index (χ2v) is 13.9. The lowest BCUT2D eigenvalue weighted by Crippen LogP contribution is -2.53. The van der Waals surface area contributed by atoms with Gasteiger partial charge in [-0.05, 0) is 25.0 Å². The molecule has 3 fully saturated rings. The van der Waals surface area contributed by atoms with Gasteiger partial charge in [-0.15, -0.1) is 0 Å². The zero-order chi connectivity index (χ0) is 30.8. The molecule has 3 aliphatic heterocycles. The van der Waals surface area contributed by atoms with Crippen LogP contribution in [0.1, 0.15) is 24.8 Å². The van der Waals surface area contributed by atoms with Crippen molar-refractivity contribution in [1.82, 2.24) is 14.9 Å². The molecule has 0 atom stereocenters. The van der Waals surface area contributed by atoms with Crippen LogP contribution in [0.15, 0.2) is 30.6 Å². The van der Waals surface area contributed by atoms with E-state index in [4.69, 9.17) is 9.57 Å². The number of sulfonamides is 1. The summed E-state index contributed by atoms with van der Waals surface area (Å²) in [6, 6.07) is 4.46. The highest BCUT2D eigenvalue weighted by molar-refractivity contribution is 7.91. The Morgan fingerprint density at radius 3 is 2.57 bits per heavy atom. The van der Waals surface area contributed by atoms with Gasteiger partial charge in [-0.3, -0.25) is 19.5 Å². The predicted octanol–water partition coefficient (Wildman–Crippen LogP) is 2.46. The van der Waals surface area contributed by atoms with Gasteiger partial charge in [0.15, 0.2) is 5.82 Å². The minimum atomic E-state index is -4.09. The van der Waals surface area contributed by atoms with E-state index in [2.05, 4.69) is 14.9 Å². The Hall–Kier alpha value is -3.88. The number of anilines is 3. The van der Waals surface area contributed by atoms with Crippen molar-refractivity contribution >= 4 is 50.5 Å². The monoisotopic (exact) mass is 624 g/mol. The van der Waals surface area contributed by atoms with Crippen LogP contribution in [0.4, 0.5) is 21.6 Å². The van der Waals surface area contributed by atoms with Crippen LogP contribution in [-0.2, 0) is 34.6 Å². The third kappa shape index (κ3) is 4.58. The second kappa shape index (κ2) is 10.6. The average molecular weight is 625 g/mol. The number of benzene rings is 1. The molecule has 0 radical (unpaired) electrons. The first-order chi connectivity index (χ1) is 21.1. The number of fused-ring (bicyclic) bond motifs is 4. The highest BCUT2D eigenvalue weighted by Gasteiger charge is 2.54. The van der Waals surface area contributed by atoms with E-state index >= 15 is 4.39 Å². The Balaban J connectivity index is 1.29. The number of pyridine rings is 2. The van der Waals surface area contributed by atoms with Crippen LogP contribution in [0.3, 0.4) is 0 Å². The normalized spacial score (nSPS) is 20.0. The third-order valence-corrected chi connectivity index (χ3v) is 10.3. The molecule has 1 saturated carbocycles. The number of carbonyl (C=O) groups excluding carboxylic acids is 2. The summed E-state index contributed by atoms with van der Waals surface area (Å²) in [5.74, 6) is 0.0861. The molecule has 44 heavy (non-hydrogen) atoms. The molecule has 1 spiro atoms. The van der Waals surface area contributed by atoms with Crippen LogP contribution in [0.5, 0.6) is 0 Å². The number of hydrogen-bond donors (Lipinski definition) is 0. The van der Waals surface area contributed by atoms with E-state index in [1.165, 1.54) is 18.3 Å². The number of halogens is 1. The molecule has 4 aliphatic rings. The minimum absolute atomic E-state index is 0.00297. The Morgan fingerprint density at radius 2 is 1.91 bits per heavy atom. The summed E-state index contributed by atoms with van der Waals surface area (Å²) in [5, 5.41) is 0.666. The fourth-order valence-electron chi connectivity index (χ4n) is 7.04. The van der Waals surface area contributed by atoms with Crippen LogP contribution in [0.25, 0.3) is 22.0 Å². The van der Waals surface area contributed by atoms with Crippen molar-refractivity contribution in [3.05, 3.63) is 42.0 Å². The molecule has 3 aromatic rings. The summed E-state index contributed by atoms with van der Waals surface area (Å²) >= 11 is 0. The maximum atomic E-state index is 15.7. The zero-order valence-corrected chi connectivity index (χ0v) is 25.3. The van der Waals surface area contributed by atoms with Gasteiger partial charge >= 0.3 is 6.47 Å². The summed E-state index contributed by atoms with van der Waals surface area (Å²) in [4.78, 5) is 44.6. The number of morpholine rings is 1. The van der Waals surface area contributed by atoms with Gasteiger partial charge in [0.05, 0.1) is 42.3 Å². The molecule has 232 valence electrons. The topological polar surface area (TPSA) is 125 Å². The summed E-state index contributed by atoms with van der Waals surface area (Å²) in [6.45, 7) is 5.31. The smallest absolute Gasteiger partial charge is 0.322 e. The van der Waals surface area contributed by atoms with Crippen LogP contribution in [0.2, 0.25) is 0 Å². The highest BCUT2D eigenvalue weighted by atomic mass is 32.2. The molecule has 12 nitrogen and oxygen atoms in total. The number of amides is 1. The maximum absolute atomic E-state index is 15.7. The minimum Gasteiger partial charge on any atom is -0.379 e. The molecule has 0 N–H and O–H groups in total. The molecule has 14 heteroatoms. The van der Waals surface area contributed by atoms with Gasteiger partial charge < -0.3 is 19.4 Å². The lowest BCUT2D eigenvalue weighted by atomic mass is 9.64. The summed E-state index contributed by atoms with van der Waals surface area (Å²) < 4.78 is 47.3. The van der Waals surface area contributed by atoms with E-state index in [9.17, 15) is 18.0 Å². The molecule has 2 aromatic heterocycles. The third-order valence-electron chi connectivity index (χ3n) is 9.37. The van der Waals surface area contributed by atoms with Crippen LogP contribution < -0.4 is 14.3 Å². The number of aromatic nitrogens is 2. The Bertz CT molecular complexity index is 1770. The molecular weight excluding hydrogens is 591 g/mol. The quantitative estimate of drug-likeness (QED) is 0.273. The summed E-state index contributed by atoms with van der Waals surface area (Å²) in [7, 11) is -2.36. The van der Waals surface area contributed by atoms with Crippen molar-refractivity contribution in [2.75, 3.05) is 73.5 Å². The first-order valence-corrected chi connectivity index (χ1v) is 16.5. The van der Waals surface area contributed by atoms with Gasteiger partial charge in [0, 0.05) is 80.0 Å². The number of hydrogen-bond acceptors (Lipinski definition) is 10. The summed E-state index contributed by atoms with van der Waals surface area (Å²) in [5.41, 5.74) is 1.80. The highest BCUT2D eigenvalue weighted by Crippen LogP contribution is 2.55. The molecule has 2 saturated heterocycles. The first kappa shape index (κ1) is 28.9. The SMILES string of the molecule is CN1C(=O)C2(CCC2)c2c1cnc1cc(F)c(-c3cnc(N4CC(CN5CCOCC5)C4)c(N(OC=O)S(C)(=O)=O)c3)cc21. The molecule has 5 heterocycles. The van der Waals surface area contributed by atoms with Crippen LogP contribution in [0, 0.1) is 11.7 Å². The van der Waals surface area contributed by atoms with Gasteiger partial charge in [0.1, 0.15) is 11.5 Å². The van der Waals surface area contributed by atoms with Gasteiger partial charge in [-0.1, -0.05) is 10.9 Å². The van der Waals surface area contributed by atoms with Crippen molar-refractivity contribution in [2.45, 2.75) is 24.7 Å². The van der Waals surface area contributed by atoms with Gasteiger partial charge in [-0.25, -0.2) is 17.8 Å². The largest absolute Gasteiger partial charge is 0.379 e. The number of rotatable bonds is 8. The predicted molar refractivity (Wildman–Crippen MR) is 161 cm³/mol. The van der Waals surface area contributed by atoms with Gasteiger partial charge in [-0.2, -0.15) is 0 Å². The Kier molecular flexibility index (Phi) is 6.98. The van der Waals surface area contributed by atoms with Crippen molar-refractivity contribution in [3.8, 4) is 11.1 Å². The van der Waals surface area contributed by atoms with Crippen molar-refractivity contribution in [3.63, 3.8) is 0 Å². The zero-order valence-electron chi connectivity index (χ0n) is 24.5. The van der Waals surface area contributed by atoms with Crippen molar-refractivity contribution < 1.29 is 32.0 Å². The fraction of sp³-hybridized carbons (Fsp3) is 0.467. The van der Waals surface area contributed by atoms with E-state index in [-0.39, 0.29) is 29.2 Å². The van der Waals surface area contributed by atoms with Gasteiger partial charge in [0.2, 0.25) is 5.91 Å². The first-order valence-electron chi connectivity index (χ1n) is 14.7. The summed E-state index contributed by atoms with van der Waals surface area (Å²) in [6.07, 6.45) is 6.38. The molecular formula is C30H33FN6O6S. The average Bonchev–Trinajstić information content (AvgIpc) is 3.20. The van der Waals surface area contributed by atoms with Crippen LogP contribution in [-0.4, -0.2) is 94.9 Å². The van der Waals surface area contributed by atoms with E-state index in [1.807, 2.05) is 4.90 Å². The van der Waals surface area contributed by atoms with Gasteiger partial charge in [0.25, 0.3) is 10.0 Å². The lowest BCUT2D eigenvalue weighted by Gasteiger charge is -2.44. The van der Waals surface area contributed by atoms with E-state index in [0.717, 1.165) is 37.9 Å². The number of nitrogens with zero attached hydrogens (tertiary/aromatic N) is 6. The number of ether oxygens (including phenoxy) is 1. The number of carbonyl (C=O) groups is 2. The Labute approximate surface area is 254 Å². The van der Waals surface area contributed by atoms with E-state index in [1.54, 1.807) is 24.2 Å². The number of likely N-dealkylation sites (N-methyl/N-ethyl adjacent to an activating group) is 1. The standard InChI is InChI=1S/C30H33FN6O6S/c1-34-26-14-32-24-12-23(31)21(11-22(24)27(26)30(29(34)39)4-3-5-30)20-10-25(37(43-18-38)44(2,40)41)28(33-13-20)36-16-19(17-36)15-35-6-8-42-9-7-35/h10-14,18-19H,3-9,15-17H2,1-2H3.